The lowest BCUT2D eigenvalue weighted by Gasteiger charge is -2.11. The summed E-state index contributed by atoms with van der Waals surface area (Å²) in [4.78, 5) is 12.5. The number of carbonyl (C=O) groups is 1. The fraction of sp³-hybridized carbons (Fsp3) is 0.375. The molecule has 0 aliphatic heterocycles. The Morgan fingerprint density at radius 2 is 1.36 bits per heavy atom. The number of hydrogen-bond donors (Lipinski definition) is 0. The summed E-state index contributed by atoms with van der Waals surface area (Å²) in [5, 5.41) is 0. The summed E-state index contributed by atoms with van der Waals surface area (Å²) in [6.07, 6.45) is 6.17. The second-order valence-electron chi connectivity index (χ2n) is 6.47. The monoisotopic (exact) mass is 382 g/mol. The molecule has 0 aromatic heterocycles. The summed E-state index contributed by atoms with van der Waals surface area (Å²) in [6, 6.07) is 12.9. The SMILES string of the molecule is CCCOc1ccc(C(=O)C=Cc2ccc(OCCC)cc2OCCC)cc1. The number of ether oxygens (including phenoxy) is 3. The second kappa shape index (κ2) is 11.9. The molecule has 2 rings (SSSR count). The molecule has 0 N–H and O–H groups in total. The van der Waals surface area contributed by atoms with Crippen molar-refractivity contribution in [2.45, 2.75) is 40.0 Å². The average Bonchev–Trinajstić information content (AvgIpc) is 2.74. The quantitative estimate of drug-likeness (QED) is 0.336. The summed E-state index contributed by atoms with van der Waals surface area (Å²) in [5.74, 6) is 2.22. The van der Waals surface area contributed by atoms with E-state index in [1.54, 1.807) is 24.3 Å². The first-order valence-corrected chi connectivity index (χ1v) is 10.0. The highest BCUT2D eigenvalue weighted by atomic mass is 16.5. The Labute approximate surface area is 168 Å². The van der Waals surface area contributed by atoms with Crippen molar-refractivity contribution >= 4 is 11.9 Å². The smallest absolute Gasteiger partial charge is 0.185 e. The van der Waals surface area contributed by atoms with Gasteiger partial charge in [-0.3, -0.25) is 4.79 Å². The number of allylic oxidation sites excluding steroid dienone is 1. The van der Waals surface area contributed by atoms with Crippen molar-refractivity contribution in [2.24, 2.45) is 0 Å². The molecule has 0 saturated carbocycles. The van der Waals surface area contributed by atoms with Crippen LogP contribution in [0.2, 0.25) is 0 Å². The highest BCUT2D eigenvalue weighted by Crippen LogP contribution is 2.27. The molecule has 0 aliphatic rings. The molecule has 150 valence electrons. The maximum Gasteiger partial charge on any atom is 0.185 e. The van der Waals surface area contributed by atoms with Crippen LogP contribution in [0.15, 0.2) is 48.5 Å². The van der Waals surface area contributed by atoms with Gasteiger partial charge in [-0.2, -0.15) is 0 Å². The Kier molecular flexibility index (Phi) is 9.13. The van der Waals surface area contributed by atoms with Crippen LogP contribution in [0.3, 0.4) is 0 Å². The van der Waals surface area contributed by atoms with Gasteiger partial charge in [0.05, 0.1) is 19.8 Å². The first-order chi connectivity index (χ1) is 13.7. The van der Waals surface area contributed by atoms with Crippen molar-refractivity contribution in [3.63, 3.8) is 0 Å². The van der Waals surface area contributed by atoms with Gasteiger partial charge in [-0.1, -0.05) is 20.8 Å². The maximum absolute atomic E-state index is 12.5. The van der Waals surface area contributed by atoms with Crippen LogP contribution in [0, 0.1) is 0 Å². The summed E-state index contributed by atoms with van der Waals surface area (Å²) in [7, 11) is 0. The van der Waals surface area contributed by atoms with E-state index in [0.29, 0.717) is 25.4 Å². The van der Waals surface area contributed by atoms with E-state index in [4.69, 9.17) is 14.2 Å². The van der Waals surface area contributed by atoms with Crippen molar-refractivity contribution in [1.82, 2.24) is 0 Å². The molecule has 4 nitrogen and oxygen atoms in total. The highest BCUT2D eigenvalue weighted by molar-refractivity contribution is 6.07. The van der Waals surface area contributed by atoms with Crippen LogP contribution in [0.5, 0.6) is 17.2 Å². The van der Waals surface area contributed by atoms with Gasteiger partial charge in [-0.25, -0.2) is 0 Å². The van der Waals surface area contributed by atoms with E-state index in [0.717, 1.165) is 42.1 Å². The van der Waals surface area contributed by atoms with Crippen LogP contribution in [0.1, 0.15) is 56.0 Å². The van der Waals surface area contributed by atoms with Crippen molar-refractivity contribution in [3.8, 4) is 17.2 Å². The van der Waals surface area contributed by atoms with E-state index in [1.807, 2.05) is 30.3 Å². The number of benzene rings is 2. The Morgan fingerprint density at radius 1 is 0.786 bits per heavy atom. The van der Waals surface area contributed by atoms with Crippen LogP contribution in [0.25, 0.3) is 6.08 Å². The maximum atomic E-state index is 12.5. The topological polar surface area (TPSA) is 44.8 Å². The molecule has 0 atom stereocenters. The third-order valence-electron chi connectivity index (χ3n) is 3.95. The first-order valence-electron chi connectivity index (χ1n) is 10.0. The molecule has 2 aromatic carbocycles. The number of hydrogen-bond acceptors (Lipinski definition) is 4. The lowest BCUT2D eigenvalue weighted by molar-refractivity contribution is 0.104. The van der Waals surface area contributed by atoms with E-state index in [1.165, 1.54) is 0 Å². The van der Waals surface area contributed by atoms with Crippen LogP contribution < -0.4 is 14.2 Å². The fourth-order valence-electron chi connectivity index (χ4n) is 2.50. The van der Waals surface area contributed by atoms with E-state index in [9.17, 15) is 4.79 Å². The van der Waals surface area contributed by atoms with Gasteiger partial charge in [0.2, 0.25) is 0 Å². The molecule has 0 heterocycles. The molecule has 0 fully saturated rings. The Balaban J connectivity index is 2.11. The third-order valence-corrected chi connectivity index (χ3v) is 3.95. The summed E-state index contributed by atoms with van der Waals surface area (Å²) in [6.45, 7) is 8.14. The van der Waals surface area contributed by atoms with Gasteiger partial charge < -0.3 is 14.2 Å². The van der Waals surface area contributed by atoms with Gasteiger partial charge in [0.25, 0.3) is 0 Å². The molecule has 0 radical (unpaired) electrons. The van der Waals surface area contributed by atoms with Gasteiger partial charge in [0.15, 0.2) is 5.78 Å². The third kappa shape index (κ3) is 6.76. The van der Waals surface area contributed by atoms with E-state index < -0.39 is 0 Å². The fourth-order valence-corrected chi connectivity index (χ4v) is 2.50. The average molecular weight is 383 g/mol. The Hall–Kier alpha value is -2.75. The molecule has 28 heavy (non-hydrogen) atoms. The zero-order chi connectivity index (χ0) is 20.2. The Bertz CT molecular complexity index is 763. The predicted octanol–water partition coefficient (Wildman–Crippen LogP) is 5.95. The molecule has 0 spiro atoms. The van der Waals surface area contributed by atoms with E-state index >= 15 is 0 Å². The lowest BCUT2D eigenvalue weighted by Crippen LogP contribution is -2.00. The standard InChI is InChI=1S/C24H30O4/c1-4-15-26-21-11-7-19(8-12-21)23(25)14-10-20-9-13-22(27-16-5-2)18-24(20)28-17-6-3/h7-14,18H,4-6,15-17H2,1-3H3. The van der Waals surface area contributed by atoms with E-state index in [-0.39, 0.29) is 5.78 Å². The zero-order valence-electron chi connectivity index (χ0n) is 17.1. The molecule has 2 aromatic rings. The van der Waals surface area contributed by atoms with Gasteiger partial charge in [-0.15, -0.1) is 0 Å². The number of ketones is 1. The van der Waals surface area contributed by atoms with Crippen LogP contribution in [0.4, 0.5) is 0 Å². The second-order valence-corrected chi connectivity index (χ2v) is 6.47. The summed E-state index contributed by atoms with van der Waals surface area (Å²) < 4.78 is 17.1. The minimum Gasteiger partial charge on any atom is -0.494 e. The predicted molar refractivity (Wildman–Crippen MR) is 114 cm³/mol. The van der Waals surface area contributed by atoms with Crippen molar-refractivity contribution in [2.75, 3.05) is 19.8 Å². The lowest BCUT2D eigenvalue weighted by atomic mass is 10.1. The molecular weight excluding hydrogens is 352 g/mol. The van der Waals surface area contributed by atoms with Crippen molar-refractivity contribution in [3.05, 3.63) is 59.7 Å². The van der Waals surface area contributed by atoms with Gasteiger partial charge in [0, 0.05) is 17.2 Å². The van der Waals surface area contributed by atoms with Crippen LogP contribution in [-0.4, -0.2) is 25.6 Å². The molecule has 0 unspecified atom stereocenters. The zero-order valence-corrected chi connectivity index (χ0v) is 17.1. The summed E-state index contributed by atoms with van der Waals surface area (Å²) >= 11 is 0. The molecule has 0 aliphatic carbocycles. The largest absolute Gasteiger partial charge is 0.494 e. The van der Waals surface area contributed by atoms with Crippen LogP contribution in [-0.2, 0) is 0 Å². The summed E-state index contributed by atoms with van der Waals surface area (Å²) in [5.41, 5.74) is 1.48. The van der Waals surface area contributed by atoms with Gasteiger partial charge in [-0.05, 0) is 67.8 Å². The first kappa shape index (κ1) is 21.5. The van der Waals surface area contributed by atoms with Gasteiger partial charge >= 0.3 is 0 Å². The molecule has 0 saturated heterocycles. The normalized spacial score (nSPS) is 10.8. The van der Waals surface area contributed by atoms with Crippen LogP contribution >= 0.6 is 0 Å². The number of rotatable bonds is 12. The molecule has 4 heteroatoms. The van der Waals surface area contributed by atoms with Crippen molar-refractivity contribution in [1.29, 1.82) is 0 Å². The van der Waals surface area contributed by atoms with Gasteiger partial charge in [0.1, 0.15) is 17.2 Å². The molecular formula is C24H30O4. The van der Waals surface area contributed by atoms with Crippen molar-refractivity contribution < 1.29 is 19.0 Å². The minimum absolute atomic E-state index is 0.0604. The molecule has 0 amide bonds. The van der Waals surface area contributed by atoms with E-state index in [2.05, 4.69) is 20.8 Å². The highest BCUT2D eigenvalue weighted by Gasteiger charge is 2.07. The minimum atomic E-state index is -0.0604. The molecule has 0 bridgehead atoms. The number of carbonyl (C=O) groups excluding carboxylic acids is 1. The Morgan fingerprint density at radius 3 is 2.00 bits per heavy atom.